The van der Waals surface area contributed by atoms with E-state index in [1.165, 1.54) is 13.8 Å². The van der Waals surface area contributed by atoms with E-state index in [0.717, 1.165) is 6.20 Å². The fourth-order valence-electron chi connectivity index (χ4n) is 2.48. The molecule has 0 saturated carbocycles. The van der Waals surface area contributed by atoms with Gasteiger partial charge in [-0.15, -0.1) is 12.8 Å². The van der Waals surface area contributed by atoms with Crippen LogP contribution in [0.15, 0.2) is 15.8 Å². The van der Waals surface area contributed by atoms with Gasteiger partial charge in [-0.2, -0.15) is 0 Å². The molecular weight excluding hydrogens is 363 g/mol. The summed E-state index contributed by atoms with van der Waals surface area (Å²) in [5.74, 6) is -0.594. The molecule has 0 amide bonds. The second-order valence-electron chi connectivity index (χ2n) is 6.20. The number of aliphatic hydroxyl groups excluding tert-OH is 2. The van der Waals surface area contributed by atoms with Crippen LogP contribution in [0.1, 0.15) is 19.4 Å². The van der Waals surface area contributed by atoms with Gasteiger partial charge in [-0.05, 0) is 5.92 Å². The Hall–Kier alpha value is -2.92. The van der Waals surface area contributed by atoms with Crippen LogP contribution in [0.2, 0.25) is 0 Å². The number of rotatable bonds is 4. The maximum atomic E-state index is 15.1. The van der Waals surface area contributed by atoms with Crippen molar-refractivity contribution in [3.05, 3.63) is 32.6 Å². The first-order valence-corrected chi connectivity index (χ1v) is 7.75. The van der Waals surface area contributed by atoms with Gasteiger partial charge >= 0.3 is 11.7 Å². The number of halogens is 1. The van der Waals surface area contributed by atoms with Gasteiger partial charge in [0.15, 0.2) is 6.61 Å². The molecule has 1 aromatic rings. The predicted molar refractivity (Wildman–Crippen MR) is 88.8 cm³/mol. The van der Waals surface area contributed by atoms with Crippen molar-refractivity contribution in [2.45, 2.75) is 37.6 Å². The molecule has 0 aliphatic carbocycles. The van der Waals surface area contributed by atoms with E-state index in [1.807, 2.05) is 16.8 Å². The second-order valence-corrected chi connectivity index (χ2v) is 6.20. The summed E-state index contributed by atoms with van der Waals surface area (Å²) in [6, 6.07) is 0. The Labute approximate surface area is 152 Å². The first-order chi connectivity index (χ1) is 12.5. The molecule has 10 heteroatoms. The number of aliphatic hydroxyl groups is 2. The Morgan fingerprint density at radius 1 is 1.44 bits per heavy atom. The lowest BCUT2D eigenvalue weighted by Crippen LogP contribution is -2.51. The van der Waals surface area contributed by atoms with E-state index in [4.69, 9.17) is 22.3 Å². The molecule has 1 aliphatic rings. The molecule has 0 aromatic carbocycles. The Kier molecular flexibility index (Phi) is 5.29. The first-order valence-electron chi connectivity index (χ1n) is 7.75. The van der Waals surface area contributed by atoms with Gasteiger partial charge in [0, 0.05) is 6.20 Å². The summed E-state index contributed by atoms with van der Waals surface area (Å²) in [7, 11) is 0. The fourth-order valence-corrected chi connectivity index (χ4v) is 2.48. The molecule has 0 radical (unpaired) electrons. The number of alkyl halides is 1. The molecule has 1 aliphatic heterocycles. The van der Waals surface area contributed by atoms with E-state index < -0.39 is 53.5 Å². The number of aromatic amines is 1. The molecule has 0 bridgehead atoms. The van der Waals surface area contributed by atoms with Crippen LogP contribution < -0.4 is 11.2 Å². The number of esters is 1. The minimum Gasteiger partial charge on any atom is -0.459 e. The van der Waals surface area contributed by atoms with E-state index in [1.54, 1.807) is 0 Å². The number of nitrogens with one attached hydrogen (secondary N) is 1. The molecule has 1 fully saturated rings. The molecule has 2 rings (SSSR count). The van der Waals surface area contributed by atoms with Crippen molar-refractivity contribution in [2.24, 2.45) is 5.92 Å². The normalized spacial score (nSPS) is 29.9. The molecule has 144 valence electrons. The van der Waals surface area contributed by atoms with Crippen LogP contribution in [0.25, 0.3) is 0 Å². The van der Waals surface area contributed by atoms with E-state index in [0.29, 0.717) is 4.57 Å². The highest BCUT2D eigenvalue weighted by Gasteiger charge is 2.65. The molecule has 0 unspecified atom stereocenters. The zero-order valence-corrected chi connectivity index (χ0v) is 14.4. The molecule has 27 heavy (non-hydrogen) atoms. The maximum Gasteiger partial charge on any atom is 0.331 e. The van der Waals surface area contributed by atoms with Crippen molar-refractivity contribution in [1.82, 2.24) is 9.55 Å². The van der Waals surface area contributed by atoms with Crippen LogP contribution in [0, 0.1) is 30.6 Å². The lowest BCUT2D eigenvalue weighted by Gasteiger charge is -2.29. The smallest absolute Gasteiger partial charge is 0.331 e. The number of terminal acetylenes is 2. The Bertz CT molecular complexity index is 954. The van der Waals surface area contributed by atoms with Gasteiger partial charge in [-0.3, -0.25) is 23.9 Å². The van der Waals surface area contributed by atoms with Gasteiger partial charge in [0.25, 0.3) is 11.4 Å². The molecule has 1 aromatic heterocycles. The predicted octanol–water partition coefficient (Wildman–Crippen LogP) is -1.58. The molecule has 4 atom stereocenters. The van der Waals surface area contributed by atoms with Gasteiger partial charge < -0.3 is 14.9 Å². The fraction of sp³-hybridized carbons (Fsp3) is 0.471. The molecule has 0 spiro atoms. The van der Waals surface area contributed by atoms with Gasteiger partial charge in [0.05, 0.1) is 5.92 Å². The van der Waals surface area contributed by atoms with Crippen LogP contribution >= 0.6 is 0 Å². The average Bonchev–Trinajstić information content (AvgIpc) is 2.82. The zero-order valence-electron chi connectivity index (χ0n) is 14.4. The Morgan fingerprint density at radius 3 is 2.59 bits per heavy atom. The molecule has 1 saturated heterocycles. The monoisotopic (exact) mass is 380 g/mol. The minimum absolute atomic E-state index is 0.350. The van der Waals surface area contributed by atoms with Crippen LogP contribution in [-0.2, 0) is 20.0 Å². The Balaban J connectivity index is 2.52. The average molecular weight is 380 g/mol. The topological polar surface area (TPSA) is 131 Å². The summed E-state index contributed by atoms with van der Waals surface area (Å²) in [6.45, 7) is 1.91. The number of aromatic nitrogens is 2. The summed E-state index contributed by atoms with van der Waals surface area (Å²) in [5, 5.41) is 20.4. The van der Waals surface area contributed by atoms with Crippen molar-refractivity contribution in [2.75, 3.05) is 6.61 Å². The van der Waals surface area contributed by atoms with Crippen molar-refractivity contribution in [3.8, 4) is 24.7 Å². The summed E-state index contributed by atoms with van der Waals surface area (Å²) in [4.78, 5) is 37.2. The molecule has 3 N–H and O–H groups in total. The highest BCUT2D eigenvalue weighted by molar-refractivity contribution is 5.71. The van der Waals surface area contributed by atoms with Crippen LogP contribution in [0.3, 0.4) is 0 Å². The SMILES string of the molecule is C#Cc1cn([C@]2(C#C)O[C@](F)(COC(=O)C(C)C)[C@@H](O)[C@H]2O)c(=O)[nH]c1=O. The van der Waals surface area contributed by atoms with Gasteiger partial charge in [0.2, 0.25) is 5.72 Å². The lowest BCUT2D eigenvalue weighted by molar-refractivity contribution is -0.234. The standard InChI is InChI=1S/C17H17FN2O7/c1-5-10-7-20(15(25)19-13(10)23)17(6-2)12(22)11(21)16(18,27-17)8-26-14(24)9(3)4/h1-2,7,9,11-12,21-22H,8H2,3-4H3,(H,19,23,25)/t11-,12+,16+,17+/m0/s1. The number of carbonyl (C=O) groups is 1. The van der Waals surface area contributed by atoms with Crippen molar-refractivity contribution < 1.29 is 28.9 Å². The van der Waals surface area contributed by atoms with Crippen molar-refractivity contribution in [3.63, 3.8) is 0 Å². The third-order valence-electron chi connectivity index (χ3n) is 4.01. The van der Waals surface area contributed by atoms with Crippen LogP contribution in [0.4, 0.5) is 4.39 Å². The van der Waals surface area contributed by atoms with Gasteiger partial charge in [0.1, 0.15) is 17.8 Å². The highest BCUT2D eigenvalue weighted by Crippen LogP contribution is 2.42. The highest BCUT2D eigenvalue weighted by atomic mass is 19.2. The zero-order chi connectivity index (χ0) is 20.6. The van der Waals surface area contributed by atoms with E-state index in [9.17, 15) is 24.6 Å². The Morgan fingerprint density at radius 2 is 2.07 bits per heavy atom. The summed E-state index contributed by atoms with van der Waals surface area (Å²) < 4.78 is 25.4. The number of ether oxygens (including phenoxy) is 2. The third kappa shape index (κ3) is 3.26. The molecular formula is C17H17FN2O7. The van der Waals surface area contributed by atoms with E-state index >= 15 is 4.39 Å². The number of nitrogens with zero attached hydrogens (tertiary/aromatic N) is 1. The van der Waals surface area contributed by atoms with Crippen LogP contribution in [0.5, 0.6) is 0 Å². The first kappa shape index (κ1) is 20.4. The minimum atomic E-state index is -3.12. The van der Waals surface area contributed by atoms with Gasteiger partial charge in [-0.25, -0.2) is 9.18 Å². The quantitative estimate of drug-likeness (QED) is 0.424. The van der Waals surface area contributed by atoms with Crippen molar-refractivity contribution >= 4 is 5.97 Å². The largest absolute Gasteiger partial charge is 0.459 e. The maximum absolute atomic E-state index is 15.1. The summed E-state index contributed by atoms with van der Waals surface area (Å²) >= 11 is 0. The third-order valence-corrected chi connectivity index (χ3v) is 4.01. The number of hydrogen-bond acceptors (Lipinski definition) is 7. The summed E-state index contributed by atoms with van der Waals surface area (Å²) in [6.07, 6.45) is 6.87. The molecule has 2 heterocycles. The van der Waals surface area contributed by atoms with E-state index in [2.05, 4.69) is 0 Å². The number of hydrogen-bond donors (Lipinski definition) is 3. The van der Waals surface area contributed by atoms with Crippen LogP contribution in [-0.4, -0.2) is 50.4 Å². The number of carbonyl (C=O) groups excluding carboxylic acids is 1. The number of H-pyrrole nitrogens is 1. The second kappa shape index (κ2) is 7.00. The summed E-state index contributed by atoms with van der Waals surface area (Å²) in [5.41, 5.74) is -4.97. The molecule has 9 nitrogen and oxygen atoms in total. The van der Waals surface area contributed by atoms with E-state index in [-0.39, 0.29) is 5.56 Å². The lowest BCUT2D eigenvalue weighted by atomic mass is 10.0. The van der Waals surface area contributed by atoms with Crippen molar-refractivity contribution in [1.29, 1.82) is 0 Å². The van der Waals surface area contributed by atoms with Gasteiger partial charge in [-0.1, -0.05) is 19.8 Å².